The summed E-state index contributed by atoms with van der Waals surface area (Å²) in [5.74, 6) is -0.0862. The first-order chi connectivity index (χ1) is 12.0. The third kappa shape index (κ3) is 4.46. The summed E-state index contributed by atoms with van der Waals surface area (Å²) in [7, 11) is 0. The van der Waals surface area contributed by atoms with E-state index in [1.54, 1.807) is 28.0 Å². The highest BCUT2D eigenvalue weighted by atomic mass is 35.5. The summed E-state index contributed by atoms with van der Waals surface area (Å²) in [4.78, 5) is 28.1. The summed E-state index contributed by atoms with van der Waals surface area (Å²) >= 11 is 12.0. The van der Waals surface area contributed by atoms with Gasteiger partial charge in [-0.2, -0.15) is 0 Å². The molecule has 8 nitrogen and oxygen atoms in total. The number of halogens is 2. The smallest absolute Gasteiger partial charge is 0.244 e. The zero-order chi connectivity index (χ0) is 17.8. The van der Waals surface area contributed by atoms with Crippen LogP contribution in [0.5, 0.6) is 0 Å². The van der Waals surface area contributed by atoms with Crippen molar-refractivity contribution < 1.29 is 9.59 Å². The third-order valence-corrected chi connectivity index (χ3v) is 4.62. The molecule has 0 aliphatic carbocycles. The minimum absolute atomic E-state index is 0.0169. The Balaban J connectivity index is 1.51. The number of nitrogens with zero attached hydrogens (tertiary/aromatic N) is 6. The van der Waals surface area contributed by atoms with Crippen LogP contribution in [-0.4, -0.2) is 68.0 Å². The van der Waals surface area contributed by atoms with Crippen LogP contribution < -0.4 is 0 Å². The zero-order valence-corrected chi connectivity index (χ0v) is 14.8. The first-order valence-electron chi connectivity index (χ1n) is 7.73. The lowest BCUT2D eigenvalue weighted by Gasteiger charge is -2.34. The predicted molar refractivity (Wildman–Crippen MR) is 91.1 cm³/mol. The number of carbonyl (C=O) groups is 2. The average Bonchev–Trinajstić information content (AvgIpc) is 3.10. The summed E-state index contributed by atoms with van der Waals surface area (Å²) in [6.07, 6.45) is 1.61. The molecule has 0 bridgehead atoms. The monoisotopic (exact) mass is 382 g/mol. The number of carbonyl (C=O) groups excluding carboxylic acids is 2. The molecular formula is C15H16Cl2N6O2. The number of tetrazole rings is 1. The van der Waals surface area contributed by atoms with E-state index in [0.29, 0.717) is 36.2 Å². The highest BCUT2D eigenvalue weighted by Gasteiger charge is 2.24. The molecule has 3 rings (SSSR count). The quantitative estimate of drug-likeness (QED) is 0.783. The molecule has 1 saturated heterocycles. The Labute approximate surface area is 154 Å². The van der Waals surface area contributed by atoms with Crippen molar-refractivity contribution in [2.75, 3.05) is 26.2 Å². The summed E-state index contributed by atoms with van der Waals surface area (Å²) in [6.45, 7) is 2.06. The van der Waals surface area contributed by atoms with E-state index >= 15 is 0 Å². The number of hydrogen-bond donors (Lipinski definition) is 0. The summed E-state index contributed by atoms with van der Waals surface area (Å²) in [5.41, 5.74) is 0.744. The number of benzene rings is 1. The number of aromatic nitrogens is 4. The fourth-order valence-corrected chi connectivity index (χ4v) is 3.11. The maximum atomic E-state index is 12.4. The molecule has 1 aromatic heterocycles. The molecular weight excluding hydrogens is 367 g/mol. The van der Waals surface area contributed by atoms with Gasteiger partial charge >= 0.3 is 0 Å². The molecule has 0 spiro atoms. The molecule has 132 valence electrons. The van der Waals surface area contributed by atoms with E-state index in [9.17, 15) is 9.59 Å². The van der Waals surface area contributed by atoms with Crippen molar-refractivity contribution in [1.29, 1.82) is 0 Å². The van der Waals surface area contributed by atoms with E-state index in [1.807, 2.05) is 0 Å². The Morgan fingerprint density at radius 2 is 1.72 bits per heavy atom. The molecule has 1 fully saturated rings. The van der Waals surface area contributed by atoms with Gasteiger partial charge in [-0.1, -0.05) is 29.3 Å². The fourth-order valence-electron chi connectivity index (χ4n) is 2.64. The molecule has 2 heterocycles. The summed E-state index contributed by atoms with van der Waals surface area (Å²) in [5, 5.41) is 11.7. The molecule has 1 aliphatic heterocycles. The fraction of sp³-hybridized carbons (Fsp3) is 0.400. The number of hydrogen-bond acceptors (Lipinski definition) is 5. The molecule has 0 atom stereocenters. The van der Waals surface area contributed by atoms with E-state index < -0.39 is 0 Å². The Kier molecular flexibility index (Phi) is 5.50. The molecule has 1 aliphatic rings. The van der Waals surface area contributed by atoms with Gasteiger partial charge in [0, 0.05) is 36.2 Å². The highest BCUT2D eigenvalue weighted by Crippen LogP contribution is 2.22. The molecule has 2 aromatic rings. The first kappa shape index (κ1) is 17.6. The van der Waals surface area contributed by atoms with Crippen LogP contribution in [0.25, 0.3) is 0 Å². The largest absolute Gasteiger partial charge is 0.339 e. The third-order valence-electron chi connectivity index (χ3n) is 4.03. The Morgan fingerprint density at radius 3 is 2.32 bits per heavy atom. The molecule has 0 N–H and O–H groups in total. The van der Waals surface area contributed by atoms with Crippen molar-refractivity contribution in [3.8, 4) is 0 Å². The summed E-state index contributed by atoms with van der Waals surface area (Å²) < 4.78 is 1.38. The van der Waals surface area contributed by atoms with Crippen LogP contribution in [0, 0.1) is 0 Å². The van der Waals surface area contributed by atoms with Gasteiger partial charge in [-0.25, -0.2) is 4.68 Å². The van der Waals surface area contributed by atoms with E-state index in [2.05, 4.69) is 15.5 Å². The van der Waals surface area contributed by atoms with E-state index in [1.165, 1.54) is 11.0 Å². The Hall–Kier alpha value is -2.19. The van der Waals surface area contributed by atoms with Crippen LogP contribution in [0.2, 0.25) is 10.0 Å². The van der Waals surface area contributed by atoms with Crippen molar-refractivity contribution in [1.82, 2.24) is 30.0 Å². The predicted octanol–water partition coefficient (Wildman–Crippen LogP) is 0.893. The van der Waals surface area contributed by atoms with Gasteiger partial charge < -0.3 is 9.80 Å². The van der Waals surface area contributed by atoms with Crippen LogP contribution >= 0.6 is 23.2 Å². The van der Waals surface area contributed by atoms with Crippen molar-refractivity contribution >= 4 is 35.0 Å². The van der Waals surface area contributed by atoms with E-state index in [-0.39, 0.29) is 24.8 Å². The Bertz CT molecular complexity index is 759. The minimum Gasteiger partial charge on any atom is -0.339 e. The second kappa shape index (κ2) is 7.79. The number of rotatable bonds is 4. The first-order valence-corrected chi connectivity index (χ1v) is 8.49. The SMILES string of the molecule is O=C(Cc1ccc(Cl)cc1Cl)N1CCN(C(=O)Cn2cnnn2)CC1. The lowest BCUT2D eigenvalue weighted by molar-refractivity contribution is -0.139. The van der Waals surface area contributed by atoms with Gasteiger partial charge in [0.05, 0.1) is 6.42 Å². The molecule has 0 unspecified atom stereocenters. The highest BCUT2D eigenvalue weighted by molar-refractivity contribution is 6.35. The van der Waals surface area contributed by atoms with Crippen LogP contribution in [0.15, 0.2) is 24.5 Å². The molecule has 10 heteroatoms. The maximum Gasteiger partial charge on any atom is 0.244 e. The van der Waals surface area contributed by atoms with Gasteiger partial charge in [-0.05, 0) is 28.1 Å². The van der Waals surface area contributed by atoms with Crippen LogP contribution in [0.4, 0.5) is 0 Å². The molecule has 2 amide bonds. The lowest BCUT2D eigenvalue weighted by Crippen LogP contribution is -2.51. The van der Waals surface area contributed by atoms with Crippen LogP contribution in [0.3, 0.4) is 0 Å². The van der Waals surface area contributed by atoms with Gasteiger partial charge in [0.15, 0.2) is 0 Å². The second-order valence-corrected chi connectivity index (χ2v) is 6.53. The van der Waals surface area contributed by atoms with Crippen molar-refractivity contribution in [2.24, 2.45) is 0 Å². The Morgan fingerprint density at radius 1 is 1.04 bits per heavy atom. The van der Waals surface area contributed by atoms with Crippen molar-refractivity contribution in [3.63, 3.8) is 0 Å². The van der Waals surface area contributed by atoms with Gasteiger partial charge in [-0.15, -0.1) is 5.10 Å². The van der Waals surface area contributed by atoms with Gasteiger partial charge in [-0.3, -0.25) is 9.59 Å². The molecule has 0 saturated carbocycles. The van der Waals surface area contributed by atoms with Crippen LogP contribution in [0.1, 0.15) is 5.56 Å². The number of piperazine rings is 1. The normalized spacial score (nSPS) is 14.6. The van der Waals surface area contributed by atoms with Crippen molar-refractivity contribution in [2.45, 2.75) is 13.0 Å². The molecule has 1 aromatic carbocycles. The average molecular weight is 383 g/mol. The van der Waals surface area contributed by atoms with E-state index in [0.717, 1.165) is 5.56 Å². The van der Waals surface area contributed by atoms with Gasteiger partial charge in [0.2, 0.25) is 11.8 Å². The number of amides is 2. The lowest BCUT2D eigenvalue weighted by atomic mass is 10.1. The van der Waals surface area contributed by atoms with Crippen molar-refractivity contribution in [3.05, 3.63) is 40.1 Å². The van der Waals surface area contributed by atoms with Gasteiger partial charge in [0.25, 0.3) is 0 Å². The topological polar surface area (TPSA) is 84.2 Å². The standard InChI is InChI=1S/C15H16Cl2N6O2/c16-12-2-1-11(13(17)8-12)7-14(24)21-3-5-22(6-4-21)15(25)9-23-10-18-19-20-23/h1-2,8,10H,3-7,9H2. The van der Waals surface area contributed by atoms with E-state index in [4.69, 9.17) is 23.2 Å². The van der Waals surface area contributed by atoms with Gasteiger partial charge in [0.1, 0.15) is 12.9 Å². The molecule has 25 heavy (non-hydrogen) atoms. The summed E-state index contributed by atoms with van der Waals surface area (Å²) in [6, 6.07) is 5.10. The maximum absolute atomic E-state index is 12.4. The molecule has 0 radical (unpaired) electrons. The minimum atomic E-state index is -0.0693. The zero-order valence-electron chi connectivity index (χ0n) is 13.3. The second-order valence-electron chi connectivity index (χ2n) is 5.68. The van der Waals surface area contributed by atoms with Crippen LogP contribution in [-0.2, 0) is 22.6 Å².